The van der Waals surface area contributed by atoms with Crippen molar-refractivity contribution in [2.75, 3.05) is 6.61 Å². The fraction of sp³-hybridized carbons (Fsp3) is 0.250. The van der Waals surface area contributed by atoms with Crippen molar-refractivity contribution in [3.8, 4) is 5.75 Å². The molecule has 1 aromatic rings. The molecule has 6 nitrogen and oxygen atoms in total. The first-order valence-corrected chi connectivity index (χ1v) is 5.44. The normalized spacial score (nSPS) is 19.2. The molecule has 1 heterocycles. The molecule has 0 saturated carbocycles. The number of carbonyl (C=O) groups is 2. The molecule has 18 heavy (non-hydrogen) atoms. The molecular weight excluding hydrogens is 234 g/mol. The second-order valence-corrected chi connectivity index (χ2v) is 3.92. The van der Waals surface area contributed by atoms with E-state index in [9.17, 15) is 9.59 Å². The SMILES string of the molecule is Cc1ccccc1OCC1=NC(=O)C(N)C(=O)N1. The Kier molecular flexibility index (Phi) is 3.38. The Labute approximate surface area is 104 Å². The van der Waals surface area contributed by atoms with Gasteiger partial charge in [-0.05, 0) is 18.6 Å². The molecule has 94 valence electrons. The molecule has 0 aliphatic carbocycles. The molecule has 1 aliphatic heterocycles. The Hall–Kier alpha value is -2.21. The zero-order valence-corrected chi connectivity index (χ0v) is 9.84. The summed E-state index contributed by atoms with van der Waals surface area (Å²) in [4.78, 5) is 26.2. The number of benzene rings is 1. The summed E-state index contributed by atoms with van der Waals surface area (Å²) in [5.41, 5.74) is 6.27. The van der Waals surface area contributed by atoms with Crippen LogP contribution >= 0.6 is 0 Å². The number of nitrogens with one attached hydrogen (secondary N) is 1. The maximum atomic E-state index is 11.3. The number of hydrogen-bond acceptors (Lipinski definition) is 4. The first-order valence-electron chi connectivity index (χ1n) is 5.44. The topological polar surface area (TPSA) is 93.8 Å². The number of hydrogen-bond donors (Lipinski definition) is 2. The average Bonchev–Trinajstić information content (AvgIpc) is 2.35. The molecular formula is C12H13N3O3. The molecule has 1 atom stereocenters. The maximum absolute atomic E-state index is 11.3. The van der Waals surface area contributed by atoms with E-state index < -0.39 is 17.9 Å². The summed E-state index contributed by atoms with van der Waals surface area (Å²) in [6.07, 6.45) is 0. The van der Waals surface area contributed by atoms with Gasteiger partial charge in [0.25, 0.3) is 11.8 Å². The number of aliphatic imine (C=N–C) groups is 1. The molecule has 3 N–H and O–H groups in total. The second kappa shape index (κ2) is 4.97. The van der Waals surface area contributed by atoms with Gasteiger partial charge in [-0.15, -0.1) is 0 Å². The molecule has 6 heteroatoms. The van der Waals surface area contributed by atoms with E-state index in [1.807, 2.05) is 25.1 Å². The van der Waals surface area contributed by atoms with Gasteiger partial charge in [-0.2, -0.15) is 4.99 Å². The Morgan fingerprint density at radius 1 is 1.39 bits per heavy atom. The minimum atomic E-state index is -1.22. The van der Waals surface area contributed by atoms with E-state index in [-0.39, 0.29) is 12.4 Å². The van der Waals surface area contributed by atoms with Crippen molar-refractivity contribution in [1.82, 2.24) is 5.32 Å². The Bertz CT molecular complexity index is 525. The third kappa shape index (κ3) is 2.54. The summed E-state index contributed by atoms with van der Waals surface area (Å²) in [5, 5.41) is 2.43. The monoisotopic (exact) mass is 247 g/mol. The van der Waals surface area contributed by atoms with Crippen LogP contribution in [0.5, 0.6) is 5.75 Å². The van der Waals surface area contributed by atoms with E-state index in [1.54, 1.807) is 6.07 Å². The largest absolute Gasteiger partial charge is 0.485 e. The van der Waals surface area contributed by atoms with Crippen LogP contribution in [-0.2, 0) is 9.59 Å². The van der Waals surface area contributed by atoms with Gasteiger partial charge in [0.2, 0.25) is 0 Å². The summed E-state index contributed by atoms with van der Waals surface area (Å²) in [6.45, 7) is 1.92. The molecule has 0 fully saturated rings. The van der Waals surface area contributed by atoms with Gasteiger partial charge in [0.15, 0.2) is 11.9 Å². The van der Waals surface area contributed by atoms with Crippen molar-refractivity contribution in [3.05, 3.63) is 29.8 Å². The van der Waals surface area contributed by atoms with Crippen LogP contribution in [0.3, 0.4) is 0 Å². The quantitative estimate of drug-likeness (QED) is 0.720. The van der Waals surface area contributed by atoms with Crippen LogP contribution in [0.1, 0.15) is 5.56 Å². The van der Waals surface area contributed by atoms with Crippen LogP contribution < -0.4 is 15.8 Å². The number of para-hydroxylation sites is 1. The highest BCUT2D eigenvalue weighted by Crippen LogP contribution is 2.15. The van der Waals surface area contributed by atoms with Crippen molar-refractivity contribution in [2.24, 2.45) is 10.7 Å². The third-order valence-electron chi connectivity index (χ3n) is 2.52. The summed E-state index contributed by atoms with van der Waals surface area (Å²) in [5.74, 6) is -0.354. The molecule has 1 unspecified atom stereocenters. The predicted molar refractivity (Wildman–Crippen MR) is 65.2 cm³/mol. The fourth-order valence-electron chi connectivity index (χ4n) is 1.50. The number of nitrogens with two attached hydrogens (primary N) is 1. The minimum absolute atomic E-state index is 0.0229. The van der Waals surface area contributed by atoms with E-state index >= 15 is 0 Å². The van der Waals surface area contributed by atoms with Gasteiger partial charge in [-0.1, -0.05) is 18.2 Å². The molecule has 0 saturated heterocycles. The van der Waals surface area contributed by atoms with E-state index in [1.165, 1.54) is 0 Å². The van der Waals surface area contributed by atoms with Crippen molar-refractivity contribution in [3.63, 3.8) is 0 Å². The second-order valence-electron chi connectivity index (χ2n) is 3.92. The van der Waals surface area contributed by atoms with Crippen molar-refractivity contribution >= 4 is 17.6 Å². The van der Waals surface area contributed by atoms with E-state index in [0.717, 1.165) is 5.56 Å². The first kappa shape index (κ1) is 12.3. The highest BCUT2D eigenvalue weighted by molar-refractivity contribution is 6.18. The van der Waals surface area contributed by atoms with Gasteiger partial charge in [-0.25, -0.2) is 0 Å². The highest BCUT2D eigenvalue weighted by atomic mass is 16.5. The highest BCUT2D eigenvalue weighted by Gasteiger charge is 2.28. The Morgan fingerprint density at radius 2 is 2.11 bits per heavy atom. The number of amidine groups is 1. The molecule has 0 bridgehead atoms. The number of rotatable bonds is 3. The number of amides is 2. The van der Waals surface area contributed by atoms with E-state index in [0.29, 0.717) is 5.75 Å². The molecule has 2 rings (SSSR count). The lowest BCUT2D eigenvalue weighted by molar-refractivity contribution is -0.129. The van der Waals surface area contributed by atoms with Gasteiger partial charge >= 0.3 is 0 Å². The van der Waals surface area contributed by atoms with Gasteiger partial charge in [-0.3, -0.25) is 9.59 Å². The first-order chi connectivity index (χ1) is 8.58. The van der Waals surface area contributed by atoms with E-state index in [2.05, 4.69) is 10.3 Å². The summed E-state index contributed by atoms with van der Waals surface area (Å²) in [7, 11) is 0. The molecule has 2 amide bonds. The maximum Gasteiger partial charge on any atom is 0.274 e. The van der Waals surface area contributed by atoms with Crippen molar-refractivity contribution in [1.29, 1.82) is 0 Å². The lowest BCUT2D eigenvalue weighted by Crippen LogP contribution is -2.53. The Morgan fingerprint density at radius 3 is 2.78 bits per heavy atom. The summed E-state index contributed by atoms with van der Waals surface area (Å²) < 4.78 is 5.47. The smallest absolute Gasteiger partial charge is 0.274 e. The zero-order chi connectivity index (χ0) is 13.1. The van der Waals surface area contributed by atoms with Crippen LogP contribution in [0, 0.1) is 6.92 Å². The van der Waals surface area contributed by atoms with Crippen LogP contribution in [0.25, 0.3) is 0 Å². The number of ether oxygens (including phenoxy) is 1. The van der Waals surface area contributed by atoms with E-state index in [4.69, 9.17) is 10.5 Å². The van der Waals surface area contributed by atoms with Crippen LogP contribution in [-0.4, -0.2) is 30.3 Å². The van der Waals surface area contributed by atoms with Crippen LogP contribution in [0.4, 0.5) is 0 Å². The number of nitrogens with zero attached hydrogens (tertiary/aromatic N) is 1. The predicted octanol–water partition coefficient (Wildman–Crippen LogP) is -0.244. The average molecular weight is 247 g/mol. The van der Waals surface area contributed by atoms with Gasteiger partial charge in [0.05, 0.1) is 0 Å². The number of aryl methyl sites for hydroxylation is 1. The lowest BCUT2D eigenvalue weighted by Gasteiger charge is -2.17. The standard InChI is InChI=1S/C12H13N3O3/c1-7-4-2-3-5-8(7)18-6-9-14-11(16)10(13)12(17)15-9/h2-5,10H,6,13H2,1H3,(H,14,15,16,17). The zero-order valence-electron chi connectivity index (χ0n) is 9.84. The summed E-state index contributed by atoms with van der Waals surface area (Å²) >= 11 is 0. The summed E-state index contributed by atoms with van der Waals surface area (Å²) in [6, 6.07) is 6.22. The van der Waals surface area contributed by atoms with Crippen LogP contribution in [0.2, 0.25) is 0 Å². The van der Waals surface area contributed by atoms with Gasteiger partial charge in [0, 0.05) is 0 Å². The molecule has 0 aromatic heterocycles. The van der Waals surface area contributed by atoms with Crippen molar-refractivity contribution in [2.45, 2.75) is 13.0 Å². The lowest BCUT2D eigenvalue weighted by atomic mass is 10.2. The van der Waals surface area contributed by atoms with Gasteiger partial charge < -0.3 is 15.8 Å². The minimum Gasteiger partial charge on any atom is -0.485 e. The van der Waals surface area contributed by atoms with Crippen molar-refractivity contribution < 1.29 is 14.3 Å². The Balaban J connectivity index is 2.04. The fourth-order valence-corrected chi connectivity index (χ4v) is 1.50. The van der Waals surface area contributed by atoms with Gasteiger partial charge in [0.1, 0.15) is 12.4 Å². The van der Waals surface area contributed by atoms with Crippen LogP contribution in [0.15, 0.2) is 29.3 Å². The molecule has 0 radical (unpaired) electrons. The molecule has 0 spiro atoms. The molecule has 1 aliphatic rings. The number of carbonyl (C=O) groups excluding carboxylic acids is 2. The molecule has 1 aromatic carbocycles. The third-order valence-corrected chi connectivity index (χ3v) is 2.52.